The van der Waals surface area contributed by atoms with Gasteiger partial charge in [-0.3, -0.25) is 0 Å². The minimum Gasteiger partial charge on any atom is -0.354 e. The Morgan fingerprint density at radius 1 is 0.248 bits per heavy atom. The number of aryl methyl sites for hydroxylation is 2. The van der Waals surface area contributed by atoms with Gasteiger partial charge in [0.05, 0.1) is 0 Å². The molecule has 21 nitrogen and oxygen atoms in total. The largest absolute Gasteiger partial charge is 0.354 e. The van der Waals surface area contributed by atoms with Gasteiger partial charge in [0.2, 0.25) is 41.6 Å². The molecule has 0 amide bonds. The van der Waals surface area contributed by atoms with Gasteiger partial charge in [0.1, 0.15) is 11.6 Å². The Balaban J connectivity index is 1.07. The molecule has 0 unspecified atom stereocenters. The average molecular weight is 1680 g/mol. The normalized spacial score (nSPS) is 22.5. The third kappa shape index (κ3) is 30.6. The molecule has 21 heteroatoms. The maximum atomic E-state index is 5.73. The lowest BCUT2D eigenvalue weighted by Crippen LogP contribution is -2.63. The topological polar surface area (TPSA) is 199 Å². The molecule has 2 saturated carbocycles. The minimum atomic E-state index is -0.0357. The summed E-state index contributed by atoms with van der Waals surface area (Å²) < 4.78 is 0. The van der Waals surface area contributed by atoms with Crippen molar-refractivity contribution in [3.63, 3.8) is 0 Å². The third-order valence-corrected chi connectivity index (χ3v) is 27.6. The summed E-state index contributed by atoms with van der Waals surface area (Å²) >= 11 is 0. The zero-order valence-corrected chi connectivity index (χ0v) is 84.0. The highest BCUT2D eigenvalue weighted by molar-refractivity contribution is 5.48. The Kier molecular flexibility index (Phi) is 34.5. The van der Waals surface area contributed by atoms with Gasteiger partial charge in [-0.1, -0.05) is 135 Å². The molecular weight excluding hydrogens is 1500 g/mol. The first kappa shape index (κ1) is 100. The highest BCUT2D eigenvalue weighted by Gasteiger charge is 2.49. The number of hydrogen-bond donors (Lipinski definition) is 5. The van der Waals surface area contributed by atoms with E-state index in [1.54, 1.807) is 0 Å². The molecule has 3 aromatic heterocycles. The number of nitrogens with zero attached hydrogens (tertiary/aromatic N) is 16. The van der Waals surface area contributed by atoms with Crippen molar-refractivity contribution in [1.82, 2.24) is 71.0 Å². The van der Waals surface area contributed by atoms with Crippen molar-refractivity contribution in [2.45, 2.75) is 500 Å². The van der Waals surface area contributed by atoms with Crippen LogP contribution in [0.25, 0.3) is 0 Å². The van der Waals surface area contributed by atoms with E-state index >= 15 is 0 Å². The Labute approximate surface area is 742 Å². The van der Waals surface area contributed by atoms with Crippen LogP contribution in [-0.4, -0.2) is 196 Å². The molecule has 0 spiro atoms. The van der Waals surface area contributed by atoms with E-state index in [2.05, 4.69) is 269 Å². The van der Waals surface area contributed by atoms with E-state index in [0.717, 1.165) is 312 Å². The molecular formula is C100H187N21. The van der Waals surface area contributed by atoms with Crippen LogP contribution in [0.2, 0.25) is 0 Å². The first-order valence-corrected chi connectivity index (χ1v) is 49.9. The highest BCUT2D eigenvalue weighted by atomic mass is 15.4. The highest BCUT2D eigenvalue weighted by Crippen LogP contribution is 2.51. The van der Waals surface area contributed by atoms with Crippen LogP contribution in [0.5, 0.6) is 0 Å². The SMILES string of the molecule is CCCCN(c1nc(CCCCN(CCCCc2nc(N(CCCC)C3CC(C)(C)NC(C)(C)C3)nc(N(CCCC)C3CC(C)(C)NC(C)(C)C3)n2)CCCNc2nc(N(CCCC)C3CC(C)(C)CC(C)(C)C3)nc(N(CCCC)C3CC(C)(C)CC(C)(C)C3)n2)nc(N(CCCC)C2CC(C)(C)NC(C)(C)C2)n1)C1CC(C)(C)NC(C)(C)C1. The van der Waals surface area contributed by atoms with E-state index < -0.39 is 0 Å². The van der Waals surface area contributed by atoms with E-state index in [-0.39, 0.29) is 90.1 Å². The minimum absolute atomic E-state index is 0.0357. The van der Waals surface area contributed by atoms with Crippen LogP contribution in [0.1, 0.15) is 418 Å². The van der Waals surface area contributed by atoms with Gasteiger partial charge in [-0.2, -0.15) is 44.9 Å². The zero-order valence-electron chi connectivity index (χ0n) is 84.0. The van der Waals surface area contributed by atoms with Gasteiger partial charge in [-0.05, 0) is 313 Å². The lowest BCUT2D eigenvalue weighted by molar-refractivity contribution is 0.0943. The van der Waals surface area contributed by atoms with Gasteiger partial charge in [0, 0.05) is 139 Å². The number of aromatic nitrogens is 9. The summed E-state index contributed by atoms with van der Waals surface area (Å²) in [6.45, 7) is 81.3. The number of unbranched alkanes of at least 4 members (excludes halogenated alkanes) is 8. The van der Waals surface area contributed by atoms with Gasteiger partial charge in [0.25, 0.3) is 0 Å². The smallest absolute Gasteiger partial charge is 0.232 e. The maximum Gasteiger partial charge on any atom is 0.232 e. The molecule has 0 radical (unpaired) electrons. The standard InChI is InChI=1S/C100H187N21/c1-31-37-54-116(74-60-89(7,8)72-90(9,10)61-74)87-106-82(107-88(110-87)117(55-38-32-2)75-62-91(11,12)73-92(13,14)63-75)101-50-47-53-115(51-45-43-48-80-102-83(118(56-39-33-3)76-64-93(15,16)111-94(17,18)65-76)108-84(103-80)119(57-40-34-4)77-66-95(19,20)112-96(21,22)67-77)52-46-44-49-81-104-85(120(58-41-35-5)78-68-97(23,24)113-98(25,26)69-78)109-86(105-81)121(59-42-36-6)79-70-99(27,28)114-100(29,30)71-79/h74-79,111-114H,31-73H2,1-30H3,(H,101,106,107,110). The predicted molar refractivity (Wildman–Crippen MR) is 516 cm³/mol. The molecule has 3 aromatic rings. The van der Waals surface area contributed by atoms with Crippen molar-refractivity contribution in [2.24, 2.45) is 21.7 Å². The van der Waals surface area contributed by atoms with Crippen molar-refractivity contribution in [3.05, 3.63) is 11.6 Å². The second-order valence-corrected chi connectivity index (χ2v) is 48.2. The fraction of sp³-hybridized carbons (Fsp3) is 0.910. The summed E-state index contributed by atoms with van der Waals surface area (Å²) in [5.74, 6) is 7.78. The quantitative estimate of drug-likeness (QED) is 0.0334. The predicted octanol–water partition coefficient (Wildman–Crippen LogP) is 21.5. The Hall–Kier alpha value is -4.57. The molecule has 5 N–H and O–H groups in total. The van der Waals surface area contributed by atoms with Gasteiger partial charge in [0.15, 0.2) is 0 Å². The molecule has 6 aliphatic rings. The van der Waals surface area contributed by atoms with Crippen molar-refractivity contribution in [1.29, 1.82) is 0 Å². The lowest BCUT2D eigenvalue weighted by atomic mass is 9.63. The lowest BCUT2D eigenvalue weighted by Gasteiger charge is -2.50. The van der Waals surface area contributed by atoms with Crippen LogP contribution in [-0.2, 0) is 12.8 Å². The fourth-order valence-electron chi connectivity index (χ4n) is 24.9. The first-order valence-electron chi connectivity index (χ1n) is 49.9. The van der Waals surface area contributed by atoms with Gasteiger partial charge >= 0.3 is 0 Å². The van der Waals surface area contributed by atoms with Crippen LogP contribution in [0.3, 0.4) is 0 Å². The van der Waals surface area contributed by atoms with Crippen molar-refractivity contribution >= 4 is 41.6 Å². The van der Waals surface area contributed by atoms with Crippen LogP contribution in [0.15, 0.2) is 0 Å². The van der Waals surface area contributed by atoms with Crippen LogP contribution >= 0.6 is 0 Å². The Bertz CT molecular complexity index is 2980. The van der Waals surface area contributed by atoms with E-state index in [1.807, 2.05) is 0 Å². The van der Waals surface area contributed by atoms with E-state index in [9.17, 15) is 0 Å². The van der Waals surface area contributed by atoms with Crippen LogP contribution < -0.4 is 56.0 Å². The second kappa shape index (κ2) is 41.7. The van der Waals surface area contributed by atoms with Gasteiger partial charge in [-0.25, -0.2) is 0 Å². The van der Waals surface area contributed by atoms with E-state index in [0.29, 0.717) is 18.0 Å². The molecule has 121 heavy (non-hydrogen) atoms. The summed E-state index contributed by atoms with van der Waals surface area (Å²) in [7, 11) is 0. The summed E-state index contributed by atoms with van der Waals surface area (Å²) in [5, 5.41) is 20.0. The van der Waals surface area contributed by atoms with Gasteiger partial charge in [-0.15, -0.1) is 0 Å². The molecule has 2 aliphatic carbocycles. The van der Waals surface area contributed by atoms with Crippen molar-refractivity contribution in [3.8, 4) is 0 Å². The third-order valence-electron chi connectivity index (χ3n) is 27.6. The molecule has 692 valence electrons. The van der Waals surface area contributed by atoms with Crippen molar-refractivity contribution < 1.29 is 0 Å². The molecule has 0 bridgehead atoms. The second-order valence-electron chi connectivity index (χ2n) is 48.2. The van der Waals surface area contributed by atoms with Crippen LogP contribution in [0.4, 0.5) is 41.6 Å². The van der Waals surface area contributed by atoms with E-state index in [1.165, 1.54) is 12.8 Å². The molecule has 0 aromatic carbocycles. The zero-order chi connectivity index (χ0) is 89.0. The molecule has 0 atom stereocenters. The molecule has 9 rings (SSSR count). The molecule has 7 heterocycles. The summed E-state index contributed by atoms with van der Waals surface area (Å²) in [4.78, 5) is 69.6. The average Bonchev–Trinajstić information content (AvgIpc) is 0.771. The monoisotopic (exact) mass is 1680 g/mol. The van der Waals surface area contributed by atoms with Gasteiger partial charge < -0.3 is 60.9 Å². The molecule has 6 fully saturated rings. The van der Waals surface area contributed by atoms with Crippen molar-refractivity contribution in [2.75, 3.05) is 100 Å². The summed E-state index contributed by atoms with van der Waals surface area (Å²) in [6, 6.07) is 1.83. The number of piperidine rings is 4. The van der Waals surface area contributed by atoms with Crippen LogP contribution in [0, 0.1) is 21.7 Å². The Morgan fingerprint density at radius 3 is 0.678 bits per heavy atom. The number of nitrogens with one attached hydrogen (secondary N) is 5. The first-order chi connectivity index (χ1) is 56.4. The summed E-state index contributed by atoms with van der Waals surface area (Å²) in [5.41, 5.74) is 0.538. The van der Waals surface area contributed by atoms with E-state index in [4.69, 9.17) is 44.9 Å². The fourth-order valence-corrected chi connectivity index (χ4v) is 24.9. The molecule has 4 aliphatic heterocycles. The molecule has 4 saturated heterocycles. The maximum absolute atomic E-state index is 5.73. The summed E-state index contributed by atoms with van der Waals surface area (Å²) in [6.07, 6.45) is 34.9. The number of rotatable bonds is 45. The number of anilines is 7. The number of hydrogen-bond acceptors (Lipinski definition) is 21. The Morgan fingerprint density at radius 2 is 0.455 bits per heavy atom.